The van der Waals surface area contributed by atoms with E-state index in [4.69, 9.17) is 5.26 Å². The molecule has 0 bridgehead atoms. The van der Waals surface area contributed by atoms with Crippen LogP contribution in [-0.4, -0.2) is 28.4 Å². The van der Waals surface area contributed by atoms with Gasteiger partial charge in [-0.15, -0.1) is 10.2 Å². The number of amides is 1. The fourth-order valence-electron chi connectivity index (χ4n) is 2.32. The van der Waals surface area contributed by atoms with E-state index in [0.717, 1.165) is 5.56 Å². The van der Waals surface area contributed by atoms with Crippen molar-refractivity contribution in [1.82, 2.24) is 10.2 Å². The fraction of sp³-hybridized carbons (Fsp3) is 0.158. The Morgan fingerprint density at radius 1 is 1.18 bits per heavy atom. The Morgan fingerprint density at radius 2 is 1.93 bits per heavy atom. The van der Waals surface area contributed by atoms with Gasteiger partial charge in [0, 0.05) is 12.2 Å². The average Bonchev–Trinajstić information content (AvgIpc) is 3.18. The molecule has 2 aromatic carbocycles. The highest BCUT2D eigenvalue weighted by Gasteiger charge is 2.16. The Morgan fingerprint density at radius 3 is 2.64 bits per heavy atom. The molecule has 0 aliphatic rings. The summed E-state index contributed by atoms with van der Waals surface area (Å²) in [6.45, 7) is 0.493. The number of hydrogen-bond donors (Lipinski definition) is 1. The van der Waals surface area contributed by atoms with E-state index in [9.17, 15) is 9.18 Å². The minimum absolute atomic E-state index is 0.00992. The summed E-state index contributed by atoms with van der Waals surface area (Å²) < 4.78 is 13.6. The highest BCUT2D eigenvalue weighted by molar-refractivity contribution is 8.01. The standard InChI is InChI=1S/C19H16FN5OS2/c20-15-8-6-14(7-9-15)12-22-18-23-24-19(28-18)27-13-17(26)25(11-10-21)16-4-2-1-3-5-16/h1-9H,11-13H2,(H,22,23). The van der Waals surface area contributed by atoms with Crippen molar-refractivity contribution in [2.24, 2.45) is 0 Å². The van der Waals surface area contributed by atoms with Gasteiger partial charge in [-0.05, 0) is 29.8 Å². The monoisotopic (exact) mass is 413 g/mol. The lowest BCUT2D eigenvalue weighted by Crippen LogP contribution is -2.32. The molecule has 0 aliphatic carbocycles. The van der Waals surface area contributed by atoms with Gasteiger partial charge in [-0.1, -0.05) is 53.4 Å². The molecule has 0 atom stereocenters. The van der Waals surface area contributed by atoms with Gasteiger partial charge in [0.2, 0.25) is 11.0 Å². The van der Waals surface area contributed by atoms with Crippen LogP contribution in [0.25, 0.3) is 0 Å². The lowest BCUT2D eigenvalue weighted by molar-refractivity contribution is -0.116. The number of carbonyl (C=O) groups excluding carboxylic acids is 1. The third-order valence-electron chi connectivity index (χ3n) is 3.68. The van der Waals surface area contributed by atoms with Gasteiger partial charge in [0.1, 0.15) is 12.4 Å². The van der Waals surface area contributed by atoms with Gasteiger partial charge in [0.15, 0.2) is 4.34 Å². The molecule has 1 amide bonds. The maximum atomic E-state index is 12.9. The van der Waals surface area contributed by atoms with Crippen molar-refractivity contribution in [1.29, 1.82) is 5.26 Å². The second-order valence-corrected chi connectivity index (χ2v) is 7.82. The number of nitrogens with one attached hydrogen (secondary N) is 1. The lowest BCUT2D eigenvalue weighted by Gasteiger charge is -2.19. The maximum Gasteiger partial charge on any atom is 0.238 e. The highest BCUT2D eigenvalue weighted by atomic mass is 32.2. The van der Waals surface area contributed by atoms with E-state index in [1.54, 1.807) is 24.3 Å². The molecule has 1 aromatic heterocycles. The summed E-state index contributed by atoms with van der Waals surface area (Å²) in [5.74, 6) is -0.291. The van der Waals surface area contributed by atoms with E-state index in [-0.39, 0.29) is 24.0 Å². The van der Waals surface area contributed by atoms with Crippen LogP contribution in [0.15, 0.2) is 58.9 Å². The van der Waals surface area contributed by atoms with Crippen molar-refractivity contribution in [3.8, 4) is 6.07 Å². The number of aromatic nitrogens is 2. The van der Waals surface area contributed by atoms with Crippen LogP contribution in [-0.2, 0) is 11.3 Å². The summed E-state index contributed by atoms with van der Waals surface area (Å²) in [4.78, 5) is 14.0. The number of thioether (sulfide) groups is 1. The van der Waals surface area contributed by atoms with Crippen LogP contribution in [0.1, 0.15) is 5.56 Å². The van der Waals surface area contributed by atoms with Crippen LogP contribution in [0.4, 0.5) is 15.2 Å². The summed E-state index contributed by atoms with van der Waals surface area (Å²) in [5.41, 5.74) is 1.62. The first-order valence-corrected chi connectivity index (χ1v) is 10.1. The molecule has 0 radical (unpaired) electrons. The number of rotatable bonds is 8. The van der Waals surface area contributed by atoms with E-state index in [1.165, 1.54) is 40.1 Å². The zero-order chi connectivity index (χ0) is 19.8. The fourth-order valence-corrected chi connectivity index (χ4v) is 3.95. The Bertz CT molecular complexity index is 956. The predicted octanol–water partition coefficient (Wildman–Crippen LogP) is 3.94. The van der Waals surface area contributed by atoms with E-state index < -0.39 is 0 Å². The molecule has 1 heterocycles. The number of nitrogens with zero attached hydrogens (tertiary/aromatic N) is 4. The molecule has 28 heavy (non-hydrogen) atoms. The van der Waals surface area contributed by atoms with Crippen LogP contribution in [0, 0.1) is 17.1 Å². The molecule has 6 nitrogen and oxygen atoms in total. The third kappa shape index (κ3) is 5.52. The van der Waals surface area contributed by atoms with Crippen LogP contribution < -0.4 is 10.2 Å². The number of anilines is 2. The Balaban J connectivity index is 1.53. The molecule has 3 rings (SSSR count). The van der Waals surface area contributed by atoms with Crippen molar-refractivity contribution in [3.63, 3.8) is 0 Å². The summed E-state index contributed by atoms with van der Waals surface area (Å²) in [5, 5.41) is 20.9. The number of hydrogen-bond acceptors (Lipinski definition) is 7. The van der Waals surface area contributed by atoms with Gasteiger partial charge in [0.25, 0.3) is 0 Å². The van der Waals surface area contributed by atoms with Crippen molar-refractivity contribution in [3.05, 3.63) is 66.0 Å². The van der Waals surface area contributed by atoms with Gasteiger partial charge in [-0.3, -0.25) is 9.69 Å². The van der Waals surface area contributed by atoms with Crippen molar-refractivity contribution in [2.45, 2.75) is 10.9 Å². The van der Waals surface area contributed by atoms with Crippen LogP contribution >= 0.6 is 23.1 Å². The van der Waals surface area contributed by atoms with Gasteiger partial charge in [0.05, 0.1) is 11.8 Å². The predicted molar refractivity (Wildman–Crippen MR) is 109 cm³/mol. The topological polar surface area (TPSA) is 81.9 Å². The molecule has 0 aliphatic heterocycles. The first-order chi connectivity index (χ1) is 13.7. The molecule has 0 fully saturated rings. The smallest absolute Gasteiger partial charge is 0.238 e. The van der Waals surface area contributed by atoms with Crippen molar-refractivity contribution >= 4 is 39.8 Å². The van der Waals surface area contributed by atoms with Crippen LogP contribution in [0.5, 0.6) is 0 Å². The summed E-state index contributed by atoms with van der Waals surface area (Å²) in [6, 6.07) is 17.3. The number of halogens is 1. The number of carbonyl (C=O) groups is 1. The molecule has 0 unspecified atom stereocenters. The van der Waals surface area contributed by atoms with E-state index >= 15 is 0 Å². The molecule has 1 N–H and O–H groups in total. The number of nitriles is 1. The quantitative estimate of drug-likeness (QED) is 0.445. The largest absolute Gasteiger partial charge is 0.356 e. The first-order valence-electron chi connectivity index (χ1n) is 8.32. The molecular weight excluding hydrogens is 397 g/mol. The summed E-state index contributed by atoms with van der Waals surface area (Å²) in [7, 11) is 0. The van der Waals surface area contributed by atoms with Gasteiger partial charge in [-0.2, -0.15) is 5.26 Å². The van der Waals surface area contributed by atoms with Crippen LogP contribution in [0.2, 0.25) is 0 Å². The third-order valence-corrected chi connectivity index (χ3v) is 5.68. The molecule has 9 heteroatoms. The molecular formula is C19H16FN5OS2. The first kappa shape index (κ1) is 19.8. The summed E-state index contributed by atoms with van der Waals surface area (Å²) >= 11 is 2.61. The number of benzene rings is 2. The SMILES string of the molecule is N#CCN(C(=O)CSc1nnc(NCc2ccc(F)cc2)s1)c1ccccc1. The Hall–Kier alpha value is -2.96. The average molecular weight is 414 g/mol. The maximum absolute atomic E-state index is 12.9. The van der Waals surface area contributed by atoms with Crippen molar-refractivity contribution in [2.75, 3.05) is 22.5 Å². The van der Waals surface area contributed by atoms with E-state index in [1.807, 2.05) is 24.3 Å². The van der Waals surface area contributed by atoms with Gasteiger partial charge < -0.3 is 5.32 Å². The molecule has 3 aromatic rings. The molecule has 0 spiro atoms. The van der Waals surface area contributed by atoms with Gasteiger partial charge >= 0.3 is 0 Å². The normalized spacial score (nSPS) is 10.3. The summed E-state index contributed by atoms with van der Waals surface area (Å²) in [6.07, 6.45) is 0. The Labute approximate surface area is 170 Å². The van der Waals surface area contributed by atoms with Gasteiger partial charge in [-0.25, -0.2) is 4.39 Å². The minimum atomic E-state index is -0.274. The molecule has 0 saturated carbocycles. The van der Waals surface area contributed by atoms with Crippen molar-refractivity contribution < 1.29 is 9.18 Å². The van der Waals surface area contributed by atoms with E-state index in [0.29, 0.717) is 21.7 Å². The van der Waals surface area contributed by atoms with E-state index in [2.05, 4.69) is 15.5 Å². The zero-order valence-electron chi connectivity index (χ0n) is 14.7. The zero-order valence-corrected chi connectivity index (χ0v) is 16.3. The van der Waals surface area contributed by atoms with Crippen LogP contribution in [0.3, 0.4) is 0 Å². The second-order valence-electron chi connectivity index (χ2n) is 5.62. The lowest BCUT2D eigenvalue weighted by atomic mass is 10.2. The highest BCUT2D eigenvalue weighted by Crippen LogP contribution is 2.26. The molecule has 0 saturated heterocycles. The minimum Gasteiger partial charge on any atom is -0.356 e. The molecule has 142 valence electrons. The second kappa shape index (κ2) is 9.82. The Kier molecular flexibility index (Phi) is 6.94. The number of para-hydroxylation sites is 1.